The highest BCUT2D eigenvalue weighted by molar-refractivity contribution is 5.91. The topological polar surface area (TPSA) is 163 Å². The number of ether oxygens (including phenoxy) is 2. The second-order valence-corrected chi connectivity index (χ2v) is 6.88. The molecule has 144 valence electrons. The minimum atomic E-state index is -1.48. The van der Waals surface area contributed by atoms with E-state index in [2.05, 4.69) is 10.6 Å². The normalized spacial score (nSPS) is 13.6. The van der Waals surface area contributed by atoms with Gasteiger partial charge in [0.25, 0.3) is 5.91 Å². The molecule has 0 heterocycles. The number of amides is 3. The number of primary amides is 1. The first-order valence-corrected chi connectivity index (χ1v) is 7.82. The van der Waals surface area contributed by atoms with E-state index in [0.717, 1.165) is 0 Å². The van der Waals surface area contributed by atoms with Gasteiger partial charge in [-0.3, -0.25) is 14.9 Å². The minimum Gasteiger partial charge on any atom is -0.464 e. The fraction of sp³-hybridized carbons (Fsp3) is 0.733. The number of hydrogen-bond acceptors (Lipinski definition) is 7. The fourth-order valence-electron chi connectivity index (χ4n) is 1.51. The fourth-order valence-corrected chi connectivity index (χ4v) is 1.51. The van der Waals surface area contributed by atoms with E-state index >= 15 is 0 Å². The molecule has 0 unspecified atom stereocenters. The zero-order valence-corrected chi connectivity index (χ0v) is 15.3. The number of alkyl carbamates (subject to hydrolysis) is 1. The molecule has 0 spiro atoms. The molecule has 3 amide bonds. The van der Waals surface area contributed by atoms with Gasteiger partial charge < -0.3 is 26.3 Å². The van der Waals surface area contributed by atoms with Gasteiger partial charge in [0.2, 0.25) is 5.91 Å². The summed E-state index contributed by atoms with van der Waals surface area (Å²) in [6.07, 6.45) is -2.84. The summed E-state index contributed by atoms with van der Waals surface area (Å²) < 4.78 is 9.94. The van der Waals surface area contributed by atoms with Crippen molar-refractivity contribution >= 4 is 23.9 Å². The van der Waals surface area contributed by atoms with Crippen LogP contribution in [0.5, 0.6) is 0 Å². The molecule has 6 N–H and O–H groups in total. The van der Waals surface area contributed by atoms with Crippen molar-refractivity contribution in [2.75, 3.05) is 6.61 Å². The number of nitrogens with two attached hydrogens (primary N) is 2. The lowest BCUT2D eigenvalue weighted by Crippen LogP contribution is -2.57. The van der Waals surface area contributed by atoms with Gasteiger partial charge in [-0.25, -0.2) is 9.59 Å². The van der Waals surface area contributed by atoms with Crippen molar-refractivity contribution in [3.63, 3.8) is 0 Å². The third-order valence-electron chi connectivity index (χ3n) is 2.52. The van der Waals surface area contributed by atoms with Crippen LogP contribution in [0.1, 0.15) is 41.0 Å². The maximum Gasteiger partial charge on any atom is 0.409 e. The molecule has 0 aliphatic heterocycles. The van der Waals surface area contributed by atoms with Crippen LogP contribution < -0.4 is 22.1 Å². The van der Waals surface area contributed by atoms with E-state index in [9.17, 15) is 19.2 Å². The first-order chi connectivity index (χ1) is 11.3. The molecule has 0 aromatic rings. The highest BCUT2D eigenvalue weighted by atomic mass is 16.6. The zero-order chi connectivity index (χ0) is 19.8. The van der Waals surface area contributed by atoms with Crippen molar-refractivity contribution in [1.82, 2.24) is 10.6 Å². The van der Waals surface area contributed by atoms with Crippen LogP contribution in [0, 0.1) is 5.92 Å². The van der Waals surface area contributed by atoms with Crippen LogP contribution in [0.2, 0.25) is 0 Å². The largest absolute Gasteiger partial charge is 0.464 e. The van der Waals surface area contributed by atoms with Crippen LogP contribution in [-0.4, -0.2) is 48.3 Å². The van der Waals surface area contributed by atoms with Crippen molar-refractivity contribution in [2.24, 2.45) is 17.4 Å². The number of carbonyl (C=O) groups excluding carboxylic acids is 4. The summed E-state index contributed by atoms with van der Waals surface area (Å²) >= 11 is 0. The van der Waals surface area contributed by atoms with E-state index in [4.69, 9.17) is 20.9 Å². The molecule has 0 aliphatic carbocycles. The van der Waals surface area contributed by atoms with Crippen molar-refractivity contribution in [2.45, 2.75) is 58.8 Å². The van der Waals surface area contributed by atoms with Crippen LogP contribution in [0.15, 0.2) is 0 Å². The van der Waals surface area contributed by atoms with Crippen molar-refractivity contribution < 1.29 is 28.7 Å². The Morgan fingerprint density at radius 1 is 1.08 bits per heavy atom. The third-order valence-corrected chi connectivity index (χ3v) is 2.52. The van der Waals surface area contributed by atoms with Crippen molar-refractivity contribution in [1.29, 1.82) is 0 Å². The molecule has 10 nitrogen and oxygen atoms in total. The Morgan fingerprint density at radius 3 is 2.08 bits per heavy atom. The SMILES string of the molecule is CC(C)COC(=O)[C@H](CC(N)=O)NC(=O)[C@H](N)NC(=O)OC(C)(C)C. The molecule has 0 saturated heterocycles. The average Bonchev–Trinajstić information content (AvgIpc) is 2.40. The van der Waals surface area contributed by atoms with Gasteiger partial charge >= 0.3 is 12.1 Å². The maximum absolute atomic E-state index is 12.0. The Hall–Kier alpha value is -2.36. The van der Waals surface area contributed by atoms with Gasteiger partial charge in [-0.15, -0.1) is 0 Å². The molecule has 0 aliphatic rings. The molecule has 10 heteroatoms. The van der Waals surface area contributed by atoms with E-state index in [1.54, 1.807) is 20.8 Å². The summed E-state index contributed by atoms with van der Waals surface area (Å²) in [5.41, 5.74) is 9.85. The Labute approximate surface area is 147 Å². The number of rotatable bonds is 8. The van der Waals surface area contributed by atoms with Gasteiger partial charge in [-0.05, 0) is 26.7 Å². The first kappa shape index (κ1) is 22.6. The number of hydrogen-bond donors (Lipinski definition) is 4. The van der Waals surface area contributed by atoms with Gasteiger partial charge in [-0.2, -0.15) is 0 Å². The summed E-state index contributed by atoms with van der Waals surface area (Å²) in [6.45, 7) is 8.71. The molecule has 0 bridgehead atoms. The smallest absolute Gasteiger partial charge is 0.409 e. The lowest BCUT2D eigenvalue weighted by Gasteiger charge is -2.23. The number of nitrogens with one attached hydrogen (secondary N) is 2. The lowest BCUT2D eigenvalue weighted by molar-refractivity contribution is -0.150. The van der Waals surface area contributed by atoms with Crippen molar-refractivity contribution in [3.8, 4) is 0 Å². The highest BCUT2D eigenvalue weighted by Gasteiger charge is 2.28. The van der Waals surface area contributed by atoms with Crippen LogP contribution >= 0.6 is 0 Å². The number of carbonyl (C=O) groups is 4. The van der Waals surface area contributed by atoms with E-state index < -0.39 is 48.1 Å². The molecular formula is C15H28N4O6. The van der Waals surface area contributed by atoms with Crippen molar-refractivity contribution in [3.05, 3.63) is 0 Å². The predicted octanol–water partition coefficient (Wildman–Crippen LogP) is -0.645. The van der Waals surface area contributed by atoms with Gasteiger partial charge in [0.1, 0.15) is 11.6 Å². The second-order valence-electron chi connectivity index (χ2n) is 6.88. The molecule has 25 heavy (non-hydrogen) atoms. The maximum atomic E-state index is 12.0. The molecule has 0 fully saturated rings. The predicted molar refractivity (Wildman–Crippen MR) is 88.9 cm³/mol. The summed E-state index contributed by atoms with van der Waals surface area (Å²) in [6, 6.07) is -1.30. The molecule has 2 atom stereocenters. The zero-order valence-electron chi connectivity index (χ0n) is 15.3. The van der Waals surface area contributed by atoms with Gasteiger partial charge in [-0.1, -0.05) is 13.8 Å². The molecule has 0 rings (SSSR count). The summed E-state index contributed by atoms with van der Waals surface area (Å²) in [5, 5.41) is 4.35. The Balaban J connectivity index is 4.75. The van der Waals surface area contributed by atoms with Crippen LogP contribution in [0.25, 0.3) is 0 Å². The second kappa shape index (κ2) is 9.82. The monoisotopic (exact) mass is 360 g/mol. The van der Waals surface area contributed by atoms with Crippen LogP contribution in [0.3, 0.4) is 0 Å². The minimum absolute atomic E-state index is 0.0740. The molecule has 0 aromatic heterocycles. The summed E-state index contributed by atoms with van der Waals surface area (Å²) in [4.78, 5) is 46.6. The third kappa shape index (κ3) is 10.9. The van der Waals surface area contributed by atoms with E-state index in [1.807, 2.05) is 13.8 Å². The van der Waals surface area contributed by atoms with E-state index in [0.29, 0.717) is 0 Å². The van der Waals surface area contributed by atoms with Gasteiger partial charge in [0.05, 0.1) is 13.0 Å². The lowest BCUT2D eigenvalue weighted by atomic mass is 10.2. The molecular weight excluding hydrogens is 332 g/mol. The van der Waals surface area contributed by atoms with E-state index in [1.165, 1.54) is 0 Å². The molecule has 0 radical (unpaired) electrons. The Morgan fingerprint density at radius 2 is 1.64 bits per heavy atom. The summed E-state index contributed by atoms with van der Waals surface area (Å²) in [7, 11) is 0. The van der Waals surface area contributed by atoms with Gasteiger partial charge in [0.15, 0.2) is 6.17 Å². The van der Waals surface area contributed by atoms with E-state index in [-0.39, 0.29) is 12.5 Å². The first-order valence-electron chi connectivity index (χ1n) is 7.82. The molecule has 0 aromatic carbocycles. The van der Waals surface area contributed by atoms with Gasteiger partial charge in [0, 0.05) is 0 Å². The quantitative estimate of drug-likeness (QED) is 0.330. The summed E-state index contributed by atoms with van der Waals surface area (Å²) in [5.74, 6) is -2.44. The highest BCUT2D eigenvalue weighted by Crippen LogP contribution is 2.06. The Bertz CT molecular complexity index is 501. The van der Waals surface area contributed by atoms with Crippen LogP contribution in [-0.2, 0) is 23.9 Å². The average molecular weight is 360 g/mol. The van der Waals surface area contributed by atoms with Crippen LogP contribution in [0.4, 0.5) is 4.79 Å². The Kier molecular flexibility index (Phi) is 8.89. The standard InChI is InChI=1S/C15H28N4O6/c1-8(2)7-24-13(22)9(6-10(16)20)18-12(21)11(17)19-14(23)25-15(3,4)5/h8-9,11H,6-7,17H2,1-5H3,(H2,16,20)(H,18,21)(H,19,23)/t9-,11+/m0/s1. The number of esters is 1. The molecule has 0 saturated carbocycles.